The summed E-state index contributed by atoms with van der Waals surface area (Å²) in [5.41, 5.74) is 0. The second kappa shape index (κ2) is 2.73. The van der Waals surface area contributed by atoms with Gasteiger partial charge in [-0.25, -0.2) is 0 Å². The third-order valence-electron chi connectivity index (χ3n) is 1.62. The van der Waals surface area contributed by atoms with Gasteiger partial charge in [0.05, 0.1) is 12.5 Å². The summed E-state index contributed by atoms with van der Waals surface area (Å²) in [4.78, 5) is 10.3. The Morgan fingerprint density at radius 2 is 2.50 bits per heavy atom. The normalized spacial score (nSPS) is 25.9. The molecule has 1 atom stereocenters. The van der Waals surface area contributed by atoms with E-state index in [1.807, 2.05) is 0 Å². The summed E-state index contributed by atoms with van der Waals surface area (Å²) >= 11 is 0. The molecule has 0 aromatic rings. The summed E-state index contributed by atoms with van der Waals surface area (Å²) in [7, 11) is 0. The number of carbonyl (C=O) groups is 1. The topological polar surface area (TPSA) is 46.5 Å². The van der Waals surface area contributed by atoms with Gasteiger partial charge in [-0.05, 0) is 13.3 Å². The molecular weight excluding hydrogens is 132 g/mol. The number of aliphatic hydroxyl groups excluding tert-OH is 1. The summed E-state index contributed by atoms with van der Waals surface area (Å²) in [5, 5.41) is 9.16. The maximum absolute atomic E-state index is 10.3. The minimum Gasteiger partial charge on any atom is -0.508 e. The predicted octanol–water partition coefficient (Wildman–Crippen LogP) is 1.01. The van der Waals surface area contributed by atoms with Crippen molar-refractivity contribution in [3.63, 3.8) is 0 Å². The lowest BCUT2D eigenvalue weighted by molar-refractivity contribution is -0.112. The van der Waals surface area contributed by atoms with Crippen molar-refractivity contribution in [2.24, 2.45) is 5.92 Å². The lowest BCUT2D eigenvalue weighted by Crippen LogP contribution is -2.16. The molecule has 0 spiro atoms. The predicted molar refractivity (Wildman–Crippen MR) is 35.5 cm³/mol. The number of aldehydes is 1. The SMILES string of the molecule is CC1=C(O)C(C=O)CCO1. The number of hydrogen-bond acceptors (Lipinski definition) is 3. The van der Waals surface area contributed by atoms with Gasteiger partial charge in [0.1, 0.15) is 17.8 Å². The standard InChI is InChI=1S/C7H10O3/c1-5-7(9)6(4-8)2-3-10-5/h4,6,9H,2-3H2,1H3. The van der Waals surface area contributed by atoms with Crippen LogP contribution in [0, 0.1) is 5.92 Å². The molecule has 0 amide bonds. The van der Waals surface area contributed by atoms with Gasteiger partial charge in [0.2, 0.25) is 0 Å². The van der Waals surface area contributed by atoms with Crippen LogP contribution in [0.2, 0.25) is 0 Å². The van der Waals surface area contributed by atoms with Crippen molar-refractivity contribution in [3.8, 4) is 0 Å². The van der Waals surface area contributed by atoms with Crippen molar-refractivity contribution in [3.05, 3.63) is 11.5 Å². The van der Waals surface area contributed by atoms with E-state index in [1.165, 1.54) is 0 Å². The molecule has 0 aromatic carbocycles. The number of ether oxygens (including phenoxy) is 1. The molecule has 56 valence electrons. The van der Waals surface area contributed by atoms with Crippen LogP contribution in [0.1, 0.15) is 13.3 Å². The molecular formula is C7H10O3. The van der Waals surface area contributed by atoms with Crippen LogP contribution in [-0.2, 0) is 9.53 Å². The Morgan fingerprint density at radius 3 is 3.00 bits per heavy atom. The van der Waals surface area contributed by atoms with Crippen LogP contribution in [0.5, 0.6) is 0 Å². The van der Waals surface area contributed by atoms with E-state index in [4.69, 9.17) is 9.84 Å². The molecule has 3 nitrogen and oxygen atoms in total. The van der Waals surface area contributed by atoms with Crippen molar-refractivity contribution in [1.82, 2.24) is 0 Å². The van der Waals surface area contributed by atoms with Crippen LogP contribution in [0.3, 0.4) is 0 Å². The number of allylic oxidation sites excluding steroid dienone is 2. The lowest BCUT2D eigenvalue weighted by Gasteiger charge is -2.19. The fourth-order valence-corrected chi connectivity index (χ4v) is 0.943. The molecule has 0 aliphatic carbocycles. The van der Waals surface area contributed by atoms with E-state index >= 15 is 0 Å². The van der Waals surface area contributed by atoms with Gasteiger partial charge in [-0.1, -0.05) is 0 Å². The zero-order chi connectivity index (χ0) is 7.56. The highest BCUT2D eigenvalue weighted by Crippen LogP contribution is 2.20. The molecule has 0 radical (unpaired) electrons. The molecule has 10 heavy (non-hydrogen) atoms. The highest BCUT2D eigenvalue weighted by atomic mass is 16.5. The molecule has 1 N–H and O–H groups in total. The van der Waals surface area contributed by atoms with Crippen LogP contribution in [-0.4, -0.2) is 18.0 Å². The maximum atomic E-state index is 10.3. The quantitative estimate of drug-likeness (QED) is 0.556. The second-order valence-electron chi connectivity index (χ2n) is 2.32. The van der Waals surface area contributed by atoms with Crippen molar-refractivity contribution >= 4 is 6.29 Å². The van der Waals surface area contributed by atoms with Gasteiger partial charge in [0.25, 0.3) is 0 Å². The molecule has 0 fully saturated rings. The molecule has 1 aliphatic heterocycles. The molecule has 1 unspecified atom stereocenters. The average molecular weight is 142 g/mol. The highest BCUT2D eigenvalue weighted by Gasteiger charge is 2.20. The average Bonchev–Trinajstić information content (AvgIpc) is 1.95. The first-order valence-electron chi connectivity index (χ1n) is 3.23. The first kappa shape index (κ1) is 7.12. The Balaban J connectivity index is 2.77. The largest absolute Gasteiger partial charge is 0.508 e. The zero-order valence-corrected chi connectivity index (χ0v) is 5.83. The Bertz CT molecular complexity index is 172. The minimum absolute atomic E-state index is 0.0845. The molecule has 0 saturated carbocycles. The van der Waals surface area contributed by atoms with Crippen LogP contribution in [0.4, 0.5) is 0 Å². The minimum atomic E-state index is -0.339. The van der Waals surface area contributed by atoms with E-state index in [1.54, 1.807) is 6.92 Å². The summed E-state index contributed by atoms with van der Waals surface area (Å²) in [6.45, 7) is 2.18. The van der Waals surface area contributed by atoms with Gasteiger partial charge in [0, 0.05) is 0 Å². The van der Waals surface area contributed by atoms with Gasteiger partial charge in [0.15, 0.2) is 0 Å². The summed E-state index contributed by atoms with van der Waals surface area (Å²) in [5.74, 6) is 0.221. The van der Waals surface area contributed by atoms with Crippen molar-refractivity contribution in [2.75, 3.05) is 6.61 Å². The van der Waals surface area contributed by atoms with Crippen molar-refractivity contribution in [2.45, 2.75) is 13.3 Å². The Hall–Kier alpha value is -0.990. The summed E-state index contributed by atoms with van der Waals surface area (Å²) in [6, 6.07) is 0. The Morgan fingerprint density at radius 1 is 1.80 bits per heavy atom. The van der Waals surface area contributed by atoms with Gasteiger partial charge in [-0.2, -0.15) is 0 Å². The van der Waals surface area contributed by atoms with Crippen LogP contribution in [0.25, 0.3) is 0 Å². The van der Waals surface area contributed by atoms with E-state index in [2.05, 4.69) is 0 Å². The second-order valence-corrected chi connectivity index (χ2v) is 2.32. The van der Waals surface area contributed by atoms with Gasteiger partial charge >= 0.3 is 0 Å². The van der Waals surface area contributed by atoms with E-state index in [9.17, 15) is 4.79 Å². The first-order valence-corrected chi connectivity index (χ1v) is 3.23. The fraction of sp³-hybridized carbons (Fsp3) is 0.571. The highest BCUT2D eigenvalue weighted by molar-refractivity contribution is 5.58. The first-order chi connectivity index (χ1) is 4.75. The monoisotopic (exact) mass is 142 g/mol. The molecule has 3 heteroatoms. The van der Waals surface area contributed by atoms with Crippen molar-refractivity contribution in [1.29, 1.82) is 0 Å². The van der Waals surface area contributed by atoms with Crippen LogP contribution in [0.15, 0.2) is 11.5 Å². The molecule has 0 saturated heterocycles. The number of carbonyl (C=O) groups excluding carboxylic acids is 1. The van der Waals surface area contributed by atoms with Crippen LogP contribution < -0.4 is 0 Å². The zero-order valence-electron chi connectivity index (χ0n) is 5.83. The van der Waals surface area contributed by atoms with E-state index in [0.29, 0.717) is 18.8 Å². The third kappa shape index (κ3) is 1.12. The van der Waals surface area contributed by atoms with Crippen molar-refractivity contribution < 1.29 is 14.6 Å². The molecule has 0 bridgehead atoms. The number of aliphatic hydroxyl groups is 1. The summed E-state index contributed by atoms with van der Waals surface area (Å²) in [6.07, 6.45) is 1.34. The van der Waals surface area contributed by atoms with E-state index in [-0.39, 0.29) is 11.7 Å². The van der Waals surface area contributed by atoms with Gasteiger partial charge < -0.3 is 14.6 Å². The fourth-order valence-electron chi connectivity index (χ4n) is 0.943. The maximum Gasteiger partial charge on any atom is 0.140 e. The van der Waals surface area contributed by atoms with Crippen LogP contribution >= 0.6 is 0 Å². The van der Waals surface area contributed by atoms with E-state index in [0.717, 1.165) is 6.29 Å². The van der Waals surface area contributed by atoms with Gasteiger partial charge in [-0.15, -0.1) is 0 Å². The molecule has 0 aromatic heterocycles. The third-order valence-corrected chi connectivity index (χ3v) is 1.62. The molecule has 1 heterocycles. The Labute approximate surface area is 59.3 Å². The number of hydrogen-bond donors (Lipinski definition) is 1. The Kier molecular flexibility index (Phi) is 1.94. The molecule has 1 aliphatic rings. The number of rotatable bonds is 1. The summed E-state index contributed by atoms with van der Waals surface area (Å²) < 4.78 is 4.99. The van der Waals surface area contributed by atoms with Gasteiger partial charge in [-0.3, -0.25) is 0 Å². The van der Waals surface area contributed by atoms with E-state index < -0.39 is 0 Å². The molecule has 1 rings (SSSR count). The smallest absolute Gasteiger partial charge is 0.140 e. The lowest BCUT2D eigenvalue weighted by atomic mass is 10.0.